The summed E-state index contributed by atoms with van der Waals surface area (Å²) in [4.78, 5) is 9.41. The lowest BCUT2D eigenvalue weighted by atomic mass is 9.96. The van der Waals surface area contributed by atoms with Gasteiger partial charge in [0.15, 0.2) is 22.5 Å². The summed E-state index contributed by atoms with van der Waals surface area (Å²) in [6.07, 6.45) is 5.37. The van der Waals surface area contributed by atoms with Crippen molar-refractivity contribution in [1.29, 1.82) is 0 Å². The van der Waals surface area contributed by atoms with Crippen molar-refractivity contribution in [2.45, 2.75) is 51.1 Å². The molecule has 7 nitrogen and oxygen atoms in total. The summed E-state index contributed by atoms with van der Waals surface area (Å²) in [7, 11) is 2.05. The van der Waals surface area contributed by atoms with Crippen LogP contribution < -0.4 is 5.32 Å². The zero-order chi connectivity index (χ0) is 25.4. The molecule has 0 spiro atoms. The Hall–Kier alpha value is -3.39. The molecule has 8 heteroatoms. The number of hydrogen-bond acceptors (Lipinski definition) is 7. The van der Waals surface area contributed by atoms with Gasteiger partial charge in [-0.25, -0.2) is 4.98 Å². The van der Waals surface area contributed by atoms with Crippen LogP contribution in [-0.2, 0) is 19.9 Å². The van der Waals surface area contributed by atoms with Gasteiger partial charge in [0, 0.05) is 53.7 Å². The number of aryl methyl sites for hydroxylation is 3. The Bertz CT molecular complexity index is 1570. The molecule has 0 bridgehead atoms. The first-order chi connectivity index (χ1) is 18.1. The van der Waals surface area contributed by atoms with Crippen molar-refractivity contribution in [1.82, 2.24) is 24.7 Å². The molecule has 1 aliphatic rings. The molecule has 0 saturated heterocycles. The van der Waals surface area contributed by atoms with E-state index in [-0.39, 0.29) is 0 Å². The standard InChI is InChI=1S/C29H32N6OS/c1-4-26-32-27-22-13-11-19(17-30-23(22)14-15-25(27)36-26)7-6-16-37-29-34-33-28(35(29)3)21-8-5-9-24-20(21)12-10-18(2)31-24/h5,8-10,12,14-15,19,30H,4,6-7,11,13,16-17H2,1-3H3. The molecule has 0 saturated carbocycles. The van der Waals surface area contributed by atoms with E-state index < -0.39 is 0 Å². The molecule has 0 amide bonds. The van der Waals surface area contributed by atoms with Gasteiger partial charge in [-0.1, -0.05) is 36.9 Å². The first kappa shape index (κ1) is 24.0. The summed E-state index contributed by atoms with van der Waals surface area (Å²) in [6.45, 7) is 5.11. The molecular formula is C29H32N6OS. The van der Waals surface area contributed by atoms with Crippen molar-refractivity contribution < 1.29 is 4.42 Å². The molecule has 5 aromatic rings. The number of nitrogens with zero attached hydrogens (tertiary/aromatic N) is 5. The first-order valence-electron chi connectivity index (χ1n) is 13.1. The molecule has 1 atom stereocenters. The van der Waals surface area contributed by atoms with Gasteiger partial charge in [-0.2, -0.15) is 0 Å². The largest absolute Gasteiger partial charge is 0.441 e. The summed E-state index contributed by atoms with van der Waals surface area (Å²) >= 11 is 1.79. The lowest BCUT2D eigenvalue weighted by Crippen LogP contribution is -2.12. The van der Waals surface area contributed by atoms with Gasteiger partial charge in [-0.15, -0.1) is 10.2 Å². The van der Waals surface area contributed by atoms with E-state index in [4.69, 9.17) is 9.40 Å². The summed E-state index contributed by atoms with van der Waals surface area (Å²) in [6, 6.07) is 14.6. The Morgan fingerprint density at radius 3 is 2.92 bits per heavy atom. The van der Waals surface area contributed by atoms with E-state index in [2.05, 4.69) is 75.4 Å². The molecule has 6 rings (SSSR count). The number of rotatable bonds is 7. The minimum Gasteiger partial charge on any atom is -0.441 e. The number of hydrogen-bond donors (Lipinski definition) is 1. The highest BCUT2D eigenvalue weighted by molar-refractivity contribution is 7.99. The molecule has 1 aliphatic heterocycles. The summed E-state index contributed by atoms with van der Waals surface area (Å²) in [5.74, 6) is 3.37. The summed E-state index contributed by atoms with van der Waals surface area (Å²) < 4.78 is 7.99. The van der Waals surface area contributed by atoms with Gasteiger partial charge in [0.25, 0.3) is 0 Å². The highest BCUT2D eigenvalue weighted by Gasteiger charge is 2.20. The number of anilines is 1. The minimum absolute atomic E-state index is 0.641. The number of aromatic nitrogens is 5. The lowest BCUT2D eigenvalue weighted by Gasteiger charge is -2.14. The second-order valence-corrected chi connectivity index (χ2v) is 10.9. The van der Waals surface area contributed by atoms with Crippen LogP contribution in [0.2, 0.25) is 0 Å². The van der Waals surface area contributed by atoms with Gasteiger partial charge in [-0.3, -0.25) is 4.98 Å². The van der Waals surface area contributed by atoms with Crippen LogP contribution in [0.3, 0.4) is 0 Å². The summed E-state index contributed by atoms with van der Waals surface area (Å²) in [5.41, 5.74) is 7.54. The highest BCUT2D eigenvalue weighted by Crippen LogP contribution is 2.33. The van der Waals surface area contributed by atoms with Crippen LogP contribution in [0.5, 0.6) is 0 Å². The van der Waals surface area contributed by atoms with Crippen LogP contribution in [0.4, 0.5) is 5.69 Å². The summed E-state index contributed by atoms with van der Waals surface area (Å²) in [5, 5.41) is 14.8. The number of fused-ring (bicyclic) bond motifs is 4. The Morgan fingerprint density at radius 2 is 2.03 bits per heavy atom. The third-order valence-electron chi connectivity index (χ3n) is 7.33. The fraction of sp³-hybridized carbons (Fsp3) is 0.379. The lowest BCUT2D eigenvalue weighted by molar-refractivity contribution is 0.476. The van der Waals surface area contributed by atoms with Crippen molar-refractivity contribution in [3.05, 3.63) is 59.6 Å². The average Bonchev–Trinajstić information content (AvgIpc) is 3.43. The molecule has 0 aliphatic carbocycles. The molecule has 0 fully saturated rings. The monoisotopic (exact) mass is 512 g/mol. The van der Waals surface area contributed by atoms with Gasteiger partial charge < -0.3 is 14.3 Å². The molecule has 3 aromatic heterocycles. The number of nitrogens with one attached hydrogen (secondary N) is 1. The van der Waals surface area contributed by atoms with Gasteiger partial charge in [0.1, 0.15) is 5.52 Å². The SMILES string of the molecule is CCc1nc2c3c(ccc2o1)NCC(CCCSc1nnc(-c2cccc4nc(C)ccc24)n1C)CC3. The Balaban J connectivity index is 1.07. The van der Waals surface area contributed by atoms with Crippen LogP contribution in [0, 0.1) is 12.8 Å². The van der Waals surface area contributed by atoms with Gasteiger partial charge in [0.2, 0.25) is 0 Å². The zero-order valence-corrected chi connectivity index (χ0v) is 22.4. The van der Waals surface area contributed by atoms with Gasteiger partial charge >= 0.3 is 0 Å². The van der Waals surface area contributed by atoms with E-state index >= 15 is 0 Å². The molecule has 37 heavy (non-hydrogen) atoms. The van der Waals surface area contributed by atoms with E-state index in [9.17, 15) is 0 Å². The van der Waals surface area contributed by atoms with Crippen molar-refractivity contribution in [3.63, 3.8) is 0 Å². The second-order valence-electron chi connectivity index (χ2n) is 9.87. The van der Waals surface area contributed by atoms with Crippen LogP contribution in [0.1, 0.15) is 43.3 Å². The number of oxazole rings is 1. The third-order valence-corrected chi connectivity index (χ3v) is 8.44. The topological polar surface area (TPSA) is 81.7 Å². The predicted octanol–water partition coefficient (Wildman–Crippen LogP) is 6.59. The van der Waals surface area contributed by atoms with Crippen LogP contribution in [0.15, 0.2) is 52.0 Å². The van der Waals surface area contributed by atoms with Crippen molar-refractivity contribution in [2.75, 3.05) is 17.6 Å². The smallest absolute Gasteiger partial charge is 0.195 e. The van der Waals surface area contributed by atoms with E-state index in [0.717, 1.165) is 81.7 Å². The van der Waals surface area contributed by atoms with Crippen LogP contribution >= 0.6 is 11.8 Å². The zero-order valence-electron chi connectivity index (χ0n) is 21.6. The van der Waals surface area contributed by atoms with Gasteiger partial charge in [-0.05, 0) is 62.8 Å². The maximum Gasteiger partial charge on any atom is 0.195 e. The number of pyridine rings is 1. The van der Waals surface area contributed by atoms with Crippen molar-refractivity contribution >= 4 is 39.5 Å². The first-order valence-corrected chi connectivity index (χ1v) is 14.1. The molecule has 1 N–H and O–H groups in total. The molecule has 0 radical (unpaired) electrons. The van der Waals surface area contributed by atoms with E-state index in [0.29, 0.717) is 5.92 Å². The Morgan fingerprint density at radius 1 is 1.11 bits per heavy atom. The van der Waals surface area contributed by atoms with Crippen molar-refractivity contribution in [3.8, 4) is 11.4 Å². The van der Waals surface area contributed by atoms with Crippen LogP contribution in [-0.4, -0.2) is 37.0 Å². The van der Waals surface area contributed by atoms with Gasteiger partial charge in [0.05, 0.1) is 5.52 Å². The fourth-order valence-corrected chi connectivity index (χ4v) is 6.15. The van der Waals surface area contributed by atoms with Crippen molar-refractivity contribution in [2.24, 2.45) is 13.0 Å². The minimum atomic E-state index is 0.641. The Labute approximate surface area is 221 Å². The van der Waals surface area contributed by atoms with Crippen LogP contribution in [0.25, 0.3) is 33.4 Å². The molecule has 2 aromatic carbocycles. The Kier molecular flexibility index (Phi) is 6.59. The maximum atomic E-state index is 5.88. The molecule has 4 heterocycles. The normalized spacial score (nSPS) is 15.6. The average molecular weight is 513 g/mol. The number of thioether (sulfide) groups is 1. The molecule has 190 valence electrons. The van der Waals surface area contributed by atoms with E-state index in [1.54, 1.807) is 11.8 Å². The predicted molar refractivity (Wildman–Crippen MR) is 150 cm³/mol. The fourth-order valence-electron chi connectivity index (χ4n) is 5.28. The number of benzene rings is 2. The van der Waals surface area contributed by atoms with E-state index in [1.807, 2.05) is 13.0 Å². The highest BCUT2D eigenvalue weighted by atomic mass is 32.2. The quantitative estimate of drug-likeness (QED) is 0.195. The second kappa shape index (κ2) is 10.2. The third kappa shape index (κ3) is 4.70. The molecular weight excluding hydrogens is 480 g/mol. The van der Waals surface area contributed by atoms with E-state index in [1.165, 1.54) is 24.1 Å². The maximum absolute atomic E-state index is 5.88. The molecule has 1 unspecified atom stereocenters.